The lowest BCUT2D eigenvalue weighted by atomic mass is 10.2. The second kappa shape index (κ2) is 5.32. The van der Waals surface area contributed by atoms with E-state index in [2.05, 4.69) is 17.0 Å². The molecule has 3 nitrogen and oxygen atoms in total. The molecule has 13 heavy (non-hydrogen) atoms. The van der Waals surface area contributed by atoms with Crippen molar-refractivity contribution in [1.29, 1.82) is 0 Å². The maximum Gasteiger partial charge on any atom is 0.119 e. The fraction of sp³-hybridized carbons (Fsp3) is 0.300. The van der Waals surface area contributed by atoms with Crippen LogP contribution in [0.3, 0.4) is 0 Å². The molecule has 1 N–H and O–H groups in total. The van der Waals surface area contributed by atoms with Crippen LogP contribution >= 0.6 is 0 Å². The van der Waals surface area contributed by atoms with Crippen molar-refractivity contribution >= 4 is 6.72 Å². The summed E-state index contributed by atoms with van der Waals surface area (Å²) in [5.41, 5.74) is 1.18. The fourth-order valence-electron chi connectivity index (χ4n) is 1.06. The van der Waals surface area contributed by atoms with Crippen LogP contribution in [0.5, 0.6) is 5.75 Å². The lowest BCUT2D eigenvalue weighted by Gasteiger charge is -2.04. The highest BCUT2D eigenvalue weighted by molar-refractivity contribution is 5.28. The van der Waals surface area contributed by atoms with Gasteiger partial charge in [-0.25, -0.2) is 0 Å². The lowest BCUT2D eigenvalue weighted by molar-refractivity contribution is 0.414. The van der Waals surface area contributed by atoms with Crippen molar-refractivity contribution in [3.05, 3.63) is 29.8 Å². The Bertz CT molecular complexity index is 273. The molecule has 1 aromatic carbocycles. The standard InChI is InChI=1S/C10H14N2O/c1-11-8-12-7-9-4-3-5-10(6-9)13-2/h3-6,12H,1,7-8H2,2H3. The third-order valence-electron chi connectivity index (χ3n) is 1.69. The Balaban J connectivity index is 2.50. The number of aliphatic imine (C=N–C) groups is 1. The van der Waals surface area contributed by atoms with Crippen molar-refractivity contribution in [3.8, 4) is 5.75 Å². The Kier molecular flexibility index (Phi) is 3.99. The molecule has 0 aliphatic rings. The van der Waals surface area contributed by atoms with Gasteiger partial charge in [0.25, 0.3) is 0 Å². The normalized spacial score (nSPS) is 9.62. The molecule has 0 aliphatic carbocycles. The summed E-state index contributed by atoms with van der Waals surface area (Å²) < 4.78 is 5.10. The van der Waals surface area contributed by atoms with Gasteiger partial charge >= 0.3 is 0 Å². The quantitative estimate of drug-likeness (QED) is 0.547. The molecule has 3 heteroatoms. The van der Waals surface area contributed by atoms with Gasteiger partial charge < -0.3 is 4.74 Å². The molecule has 70 valence electrons. The zero-order valence-electron chi connectivity index (χ0n) is 7.79. The fourth-order valence-corrected chi connectivity index (χ4v) is 1.06. The summed E-state index contributed by atoms with van der Waals surface area (Å²) in [5.74, 6) is 0.880. The molecule has 0 heterocycles. The van der Waals surface area contributed by atoms with Crippen LogP contribution in [0, 0.1) is 0 Å². The van der Waals surface area contributed by atoms with Crippen LogP contribution in [-0.2, 0) is 6.54 Å². The molecule has 0 spiro atoms. The van der Waals surface area contributed by atoms with Crippen molar-refractivity contribution in [3.63, 3.8) is 0 Å². The Labute approximate surface area is 78.4 Å². The Hall–Kier alpha value is -1.35. The molecule has 0 bridgehead atoms. The number of nitrogens with zero attached hydrogens (tertiary/aromatic N) is 1. The average Bonchev–Trinajstić information content (AvgIpc) is 2.19. The molecular formula is C10H14N2O. The summed E-state index contributed by atoms with van der Waals surface area (Å²) in [4.78, 5) is 3.70. The van der Waals surface area contributed by atoms with E-state index < -0.39 is 0 Å². The van der Waals surface area contributed by atoms with E-state index in [9.17, 15) is 0 Å². The minimum Gasteiger partial charge on any atom is -0.497 e. The van der Waals surface area contributed by atoms with E-state index in [0.29, 0.717) is 6.67 Å². The summed E-state index contributed by atoms with van der Waals surface area (Å²) in [5, 5.41) is 3.12. The second-order valence-electron chi connectivity index (χ2n) is 2.66. The van der Waals surface area contributed by atoms with E-state index in [1.807, 2.05) is 24.3 Å². The van der Waals surface area contributed by atoms with Crippen molar-refractivity contribution in [2.45, 2.75) is 6.54 Å². The molecule has 0 saturated carbocycles. The van der Waals surface area contributed by atoms with Gasteiger partial charge in [-0.1, -0.05) is 12.1 Å². The second-order valence-corrected chi connectivity index (χ2v) is 2.66. The predicted octanol–water partition coefficient (Wildman–Crippen LogP) is 1.44. The van der Waals surface area contributed by atoms with Crippen LogP contribution in [0.4, 0.5) is 0 Å². The summed E-state index contributed by atoms with van der Waals surface area (Å²) in [7, 11) is 1.66. The van der Waals surface area contributed by atoms with E-state index in [-0.39, 0.29) is 0 Å². The van der Waals surface area contributed by atoms with E-state index in [0.717, 1.165) is 12.3 Å². The molecule has 0 fully saturated rings. The van der Waals surface area contributed by atoms with Gasteiger partial charge in [-0.05, 0) is 24.4 Å². The smallest absolute Gasteiger partial charge is 0.119 e. The molecule has 0 atom stereocenters. The number of hydrogen-bond donors (Lipinski definition) is 1. The van der Waals surface area contributed by atoms with Crippen LogP contribution in [0.15, 0.2) is 29.3 Å². The lowest BCUT2D eigenvalue weighted by Crippen LogP contribution is -2.12. The summed E-state index contributed by atoms with van der Waals surface area (Å²) in [6, 6.07) is 7.93. The first kappa shape index (κ1) is 9.74. The van der Waals surface area contributed by atoms with Gasteiger partial charge in [0.05, 0.1) is 13.8 Å². The van der Waals surface area contributed by atoms with Crippen molar-refractivity contribution in [2.75, 3.05) is 13.8 Å². The van der Waals surface area contributed by atoms with Gasteiger partial charge in [-0.15, -0.1) is 0 Å². The highest BCUT2D eigenvalue weighted by Crippen LogP contribution is 2.11. The van der Waals surface area contributed by atoms with Crippen molar-refractivity contribution in [2.24, 2.45) is 4.99 Å². The number of benzene rings is 1. The van der Waals surface area contributed by atoms with Gasteiger partial charge in [-0.3, -0.25) is 10.3 Å². The molecule has 0 unspecified atom stereocenters. The summed E-state index contributed by atoms with van der Waals surface area (Å²) >= 11 is 0. The zero-order valence-corrected chi connectivity index (χ0v) is 7.79. The molecule has 0 aliphatic heterocycles. The van der Waals surface area contributed by atoms with Crippen LogP contribution in [-0.4, -0.2) is 20.5 Å². The first-order chi connectivity index (χ1) is 6.36. The molecule has 0 radical (unpaired) electrons. The zero-order chi connectivity index (χ0) is 9.52. The largest absolute Gasteiger partial charge is 0.497 e. The maximum absolute atomic E-state index is 5.10. The van der Waals surface area contributed by atoms with Gasteiger partial charge in [0.15, 0.2) is 0 Å². The van der Waals surface area contributed by atoms with E-state index in [1.54, 1.807) is 7.11 Å². The maximum atomic E-state index is 5.10. The summed E-state index contributed by atoms with van der Waals surface area (Å²) in [6.45, 7) is 4.76. The third kappa shape index (κ3) is 3.25. The summed E-state index contributed by atoms with van der Waals surface area (Å²) in [6.07, 6.45) is 0. The average molecular weight is 178 g/mol. The number of ether oxygens (including phenoxy) is 1. The van der Waals surface area contributed by atoms with Crippen LogP contribution in [0.2, 0.25) is 0 Å². The Morgan fingerprint density at radius 2 is 2.38 bits per heavy atom. The Morgan fingerprint density at radius 3 is 3.08 bits per heavy atom. The molecule has 0 amide bonds. The number of hydrogen-bond acceptors (Lipinski definition) is 3. The minimum atomic E-state index is 0.581. The minimum absolute atomic E-state index is 0.581. The molecular weight excluding hydrogens is 164 g/mol. The highest BCUT2D eigenvalue weighted by atomic mass is 16.5. The van der Waals surface area contributed by atoms with Gasteiger partial charge in [0, 0.05) is 6.54 Å². The number of rotatable bonds is 5. The van der Waals surface area contributed by atoms with Crippen molar-refractivity contribution in [1.82, 2.24) is 5.32 Å². The molecule has 0 aromatic heterocycles. The molecule has 1 rings (SSSR count). The van der Waals surface area contributed by atoms with Gasteiger partial charge in [0.2, 0.25) is 0 Å². The van der Waals surface area contributed by atoms with Crippen molar-refractivity contribution < 1.29 is 4.74 Å². The van der Waals surface area contributed by atoms with E-state index in [1.165, 1.54) is 5.56 Å². The molecule has 0 saturated heterocycles. The van der Waals surface area contributed by atoms with Crippen LogP contribution < -0.4 is 10.1 Å². The van der Waals surface area contributed by atoms with Crippen LogP contribution in [0.1, 0.15) is 5.56 Å². The monoisotopic (exact) mass is 178 g/mol. The Morgan fingerprint density at radius 1 is 1.54 bits per heavy atom. The van der Waals surface area contributed by atoms with Crippen LogP contribution in [0.25, 0.3) is 0 Å². The van der Waals surface area contributed by atoms with E-state index in [4.69, 9.17) is 4.74 Å². The third-order valence-corrected chi connectivity index (χ3v) is 1.69. The van der Waals surface area contributed by atoms with Gasteiger partial charge in [0.1, 0.15) is 5.75 Å². The predicted molar refractivity (Wildman–Crippen MR) is 54.2 cm³/mol. The number of nitrogens with one attached hydrogen (secondary N) is 1. The van der Waals surface area contributed by atoms with Gasteiger partial charge in [-0.2, -0.15) is 0 Å². The number of methoxy groups -OCH3 is 1. The van der Waals surface area contributed by atoms with E-state index >= 15 is 0 Å². The topological polar surface area (TPSA) is 33.6 Å². The highest BCUT2D eigenvalue weighted by Gasteiger charge is 1.93. The first-order valence-corrected chi connectivity index (χ1v) is 4.13. The molecule has 1 aromatic rings. The SMILES string of the molecule is C=NCNCc1cccc(OC)c1. The first-order valence-electron chi connectivity index (χ1n) is 4.13.